The molecule has 2 aromatic rings. The first-order valence-corrected chi connectivity index (χ1v) is 5.74. The lowest BCUT2D eigenvalue weighted by Gasteiger charge is -2.00. The van der Waals surface area contributed by atoms with Crippen molar-refractivity contribution in [1.82, 2.24) is 0 Å². The summed E-state index contributed by atoms with van der Waals surface area (Å²) < 4.78 is 13.0. The number of rotatable bonds is 1. The molecule has 0 N–H and O–H groups in total. The van der Waals surface area contributed by atoms with Gasteiger partial charge in [0.15, 0.2) is 0 Å². The minimum Gasteiger partial charge on any atom is -0.207 e. The Kier molecular flexibility index (Phi) is 2.15. The maximum Gasteiger partial charge on any atom is 0.123 e. The van der Waals surface area contributed by atoms with E-state index in [1.165, 1.54) is 33.9 Å². The van der Waals surface area contributed by atoms with Gasteiger partial charge in [-0.15, -0.1) is 0 Å². The van der Waals surface area contributed by atoms with Crippen LogP contribution in [0.4, 0.5) is 4.39 Å². The maximum absolute atomic E-state index is 13.0. The predicted octanol–water partition coefficient (Wildman–Crippen LogP) is 4.34. The van der Waals surface area contributed by atoms with Gasteiger partial charge >= 0.3 is 0 Å². The van der Waals surface area contributed by atoms with Crippen molar-refractivity contribution in [3.63, 3.8) is 0 Å². The Hall–Kier alpha value is -1.89. The highest BCUT2D eigenvalue weighted by molar-refractivity contribution is 6.08. The Morgan fingerprint density at radius 2 is 1.76 bits per heavy atom. The molecule has 0 spiro atoms. The monoisotopic (exact) mass is 224 g/mol. The number of aryl methyl sites for hydroxylation is 2. The molecular formula is C16H13F. The SMILES string of the molecule is Cc1ccc(/C=C2/c3ccc(F)cc32)c(C)c1. The van der Waals surface area contributed by atoms with Crippen LogP contribution in [0.2, 0.25) is 0 Å². The zero-order valence-corrected chi connectivity index (χ0v) is 9.92. The zero-order valence-electron chi connectivity index (χ0n) is 9.92. The summed E-state index contributed by atoms with van der Waals surface area (Å²) >= 11 is 0. The van der Waals surface area contributed by atoms with Crippen molar-refractivity contribution in [3.8, 4) is 0 Å². The largest absolute Gasteiger partial charge is 0.207 e. The summed E-state index contributed by atoms with van der Waals surface area (Å²) in [6, 6.07) is 11.4. The van der Waals surface area contributed by atoms with Gasteiger partial charge in [-0.05, 0) is 59.9 Å². The van der Waals surface area contributed by atoms with Gasteiger partial charge in [-0.2, -0.15) is 0 Å². The molecule has 84 valence electrons. The minimum absolute atomic E-state index is 0.159. The Morgan fingerprint density at radius 3 is 2.47 bits per heavy atom. The van der Waals surface area contributed by atoms with Gasteiger partial charge in [0.1, 0.15) is 5.82 Å². The second-order valence-electron chi connectivity index (χ2n) is 4.61. The van der Waals surface area contributed by atoms with Gasteiger partial charge in [0.25, 0.3) is 0 Å². The molecular weight excluding hydrogens is 211 g/mol. The van der Waals surface area contributed by atoms with E-state index in [0.29, 0.717) is 0 Å². The molecule has 0 atom stereocenters. The average molecular weight is 224 g/mol. The fourth-order valence-electron chi connectivity index (χ4n) is 2.22. The van der Waals surface area contributed by atoms with E-state index in [1.54, 1.807) is 6.07 Å². The van der Waals surface area contributed by atoms with Crippen LogP contribution >= 0.6 is 0 Å². The van der Waals surface area contributed by atoms with Crippen molar-refractivity contribution < 1.29 is 4.39 Å². The molecule has 0 saturated carbocycles. The van der Waals surface area contributed by atoms with E-state index >= 15 is 0 Å². The van der Waals surface area contributed by atoms with E-state index in [-0.39, 0.29) is 5.82 Å². The summed E-state index contributed by atoms with van der Waals surface area (Å²) in [4.78, 5) is 0. The average Bonchev–Trinajstić information content (AvgIpc) is 2.95. The van der Waals surface area contributed by atoms with E-state index in [9.17, 15) is 4.39 Å². The van der Waals surface area contributed by atoms with Crippen LogP contribution in [0.3, 0.4) is 0 Å². The van der Waals surface area contributed by atoms with Crippen molar-refractivity contribution in [2.45, 2.75) is 13.8 Å². The third-order valence-corrected chi connectivity index (χ3v) is 3.22. The summed E-state index contributed by atoms with van der Waals surface area (Å²) in [5.41, 5.74) is 7.12. The van der Waals surface area contributed by atoms with Gasteiger partial charge in [0.2, 0.25) is 0 Å². The highest BCUT2D eigenvalue weighted by atomic mass is 19.1. The molecule has 0 aliphatic heterocycles. The zero-order chi connectivity index (χ0) is 12.0. The van der Waals surface area contributed by atoms with Crippen LogP contribution in [0.1, 0.15) is 27.8 Å². The quantitative estimate of drug-likeness (QED) is 0.576. The second kappa shape index (κ2) is 3.56. The van der Waals surface area contributed by atoms with Gasteiger partial charge in [-0.3, -0.25) is 0 Å². The van der Waals surface area contributed by atoms with Gasteiger partial charge in [0.05, 0.1) is 0 Å². The molecule has 0 bridgehead atoms. The van der Waals surface area contributed by atoms with Crippen molar-refractivity contribution in [2.75, 3.05) is 0 Å². The fourth-order valence-corrected chi connectivity index (χ4v) is 2.22. The molecule has 1 aliphatic carbocycles. The predicted molar refractivity (Wildman–Crippen MR) is 69.3 cm³/mol. The Morgan fingerprint density at radius 1 is 0.941 bits per heavy atom. The van der Waals surface area contributed by atoms with Crippen LogP contribution in [-0.4, -0.2) is 0 Å². The van der Waals surface area contributed by atoms with E-state index in [0.717, 1.165) is 5.56 Å². The van der Waals surface area contributed by atoms with Crippen molar-refractivity contribution in [2.24, 2.45) is 0 Å². The van der Waals surface area contributed by atoms with Crippen LogP contribution < -0.4 is 0 Å². The fraction of sp³-hybridized carbons (Fsp3) is 0.125. The number of benzene rings is 2. The van der Waals surface area contributed by atoms with Crippen molar-refractivity contribution in [1.29, 1.82) is 0 Å². The molecule has 0 radical (unpaired) electrons. The number of fused-ring (bicyclic) bond motifs is 1. The molecule has 0 aromatic heterocycles. The van der Waals surface area contributed by atoms with Gasteiger partial charge in [0, 0.05) is 0 Å². The van der Waals surface area contributed by atoms with Gasteiger partial charge in [-0.25, -0.2) is 4.39 Å². The lowest BCUT2D eigenvalue weighted by molar-refractivity contribution is 0.628. The summed E-state index contributed by atoms with van der Waals surface area (Å²) in [5, 5.41) is 0. The van der Waals surface area contributed by atoms with Crippen molar-refractivity contribution in [3.05, 3.63) is 70.0 Å². The minimum atomic E-state index is -0.159. The number of halogens is 1. The highest BCUT2D eigenvalue weighted by Gasteiger charge is 2.24. The molecule has 0 nitrogen and oxygen atoms in total. The second-order valence-corrected chi connectivity index (χ2v) is 4.61. The molecule has 0 unspecified atom stereocenters. The van der Waals surface area contributed by atoms with E-state index in [2.05, 4.69) is 38.1 Å². The van der Waals surface area contributed by atoms with Crippen molar-refractivity contribution >= 4 is 11.6 Å². The van der Waals surface area contributed by atoms with E-state index in [4.69, 9.17) is 0 Å². The molecule has 0 fully saturated rings. The van der Waals surface area contributed by atoms with Gasteiger partial charge < -0.3 is 0 Å². The molecule has 17 heavy (non-hydrogen) atoms. The first-order chi connectivity index (χ1) is 8.15. The third kappa shape index (κ3) is 1.78. The summed E-state index contributed by atoms with van der Waals surface area (Å²) in [5.74, 6) is -0.159. The van der Waals surface area contributed by atoms with E-state index in [1.807, 2.05) is 6.07 Å². The van der Waals surface area contributed by atoms with Crippen LogP contribution in [0.5, 0.6) is 0 Å². The molecule has 0 saturated heterocycles. The summed E-state index contributed by atoms with van der Waals surface area (Å²) in [6.45, 7) is 4.19. The summed E-state index contributed by atoms with van der Waals surface area (Å²) in [7, 11) is 0. The lowest BCUT2D eigenvalue weighted by atomic mass is 10.0. The molecule has 1 aliphatic rings. The lowest BCUT2D eigenvalue weighted by Crippen LogP contribution is -1.81. The highest BCUT2D eigenvalue weighted by Crippen LogP contribution is 2.43. The normalized spacial score (nSPS) is 14.9. The van der Waals surface area contributed by atoms with Crippen LogP contribution in [0.25, 0.3) is 11.6 Å². The molecule has 2 aromatic carbocycles. The van der Waals surface area contributed by atoms with E-state index < -0.39 is 0 Å². The first-order valence-electron chi connectivity index (χ1n) is 5.74. The molecule has 1 heteroatoms. The first kappa shape index (κ1) is 10.3. The Labute approximate surface area is 100 Å². The maximum atomic E-state index is 13.0. The Bertz CT molecular complexity index is 636. The third-order valence-electron chi connectivity index (χ3n) is 3.22. The van der Waals surface area contributed by atoms with Crippen LogP contribution in [-0.2, 0) is 0 Å². The van der Waals surface area contributed by atoms with Crippen LogP contribution in [0, 0.1) is 19.7 Å². The topological polar surface area (TPSA) is 0 Å². The summed E-state index contributed by atoms with van der Waals surface area (Å²) in [6.07, 6.45) is 2.14. The standard InChI is InChI=1S/C16H13F/c1-10-3-4-12(11(2)7-10)8-15-14-6-5-13(17)9-16(14)15/h3-9H,1-2H3/b15-8-. The molecule has 3 rings (SSSR count). The van der Waals surface area contributed by atoms with Gasteiger partial charge in [-0.1, -0.05) is 29.8 Å². The molecule has 0 amide bonds. The Balaban J connectivity index is 2.00. The smallest absolute Gasteiger partial charge is 0.123 e. The number of hydrogen-bond acceptors (Lipinski definition) is 0. The van der Waals surface area contributed by atoms with Crippen LogP contribution in [0.15, 0.2) is 36.4 Å². The number of hydrogen-bond donors (Lipinski definition) is 0. The molecule has 0 heterocycles.